The predicted molar refractivity (Wildman–Crippen MR) is 111 cm³/mol. The molecule has 0 aromatic heterocycles. The van der Waals surface area contributed by atoms with Gasteiger partial charge in [0.1, 0.15) is 5.75 Å². The second kappa shape index (κ2) is 8.54. The van der Waals surface area contributed by atoms with E-state index in [1.165, 1.54) is 0 Å². The molecule has 3 heteroatoms. The van der Waals surface area contributed by atoms with Crippen LogP contribution in [0.1, 0.15) is 24.5 Å². The normalized spacial score (nSPS) is 11.7. The van der Waals surface area contributed by atoms with E-state index in [-0.39, 0.29) is 5.91 Å². The number of ether oxygens (including phenoxy) is 1. The standard InChI is InChI=1S/C24H25NO2/c1-4-23(24(26)25-22-16-17(2)10-11-18(22)3)27-21-14-12-20(13-15-21)19-8-6-5-7-9-19/h5-16,23H,4H2,1-3H3,(H,25,26). The van der Waals surface area contributed by atoms with E-state index in [2.05, 4.69) is 17.4 Å². The van der Waals surface area contributed by atoms with Gasteiger partial charge >= 0.3 is 0 Å². The largest absolute Gasteiger partial charge is 0.481 e. The number of anilines is 1. The molecule has 27 heavy (non-hydrogen) atoms. The molecule has 3 aromatic carbocycles. The fourth-order valence-electron chi connectivity index (χ4n) is 2.93. The molecule has 0 aliphatic heterocycles. The summed E-state index contributed by atoms with van der Waals surface area (Å²) in [7, 11) is 0. The number of hydrogen-bond acceptors (Lipinski definition) is 2. The lowest BCUT2D eigenvalue weighted by Gasteiger charge is -2.18. The molecule has 0 spiro atoms. The number of benzene rings is 3. The molecule has 1 atom stereocenters. The van der Waals surface area contributed by atoms with E-state index < -0.39 is 6.10 Å². The molecular weight excluding hydrogens is 334 g/mol. The van der Waals surface area contributed by atoms with E-state index in [1.54, 1.807) is 0 Å². The van der Waals surface area contributed by atoms with Gasteiger partial charge in [-0.15, -0.1) is 0 Å². The van der Waals surface area contributed by atoms with Gasteiger partial charge in [-0.1, -0.05) is 61.5 Å². The predicted octanol–water partition coefficient (Wildman–Crippen LogP) is 5.77. The molecule has 1 amide bonds. The van der Waals surface area contributed by atoms with E-state index in [1.807, 2.05) is 81.4 Å². The Hall–Kier alpha value is -3.07. The number of hydrogen-bond donors (Lipinski definition) is 1. The molecule has 0 saturated heterocycles. The van der Waals surface area contributed by atoms with Crippen molar-refractivity contribution < 1.29 is 9.53 Å². The molecule has 138 valence electrons. The van der Waals surface area contributed by atoms with Crippen LogP contribution in [0.5, 0.6) is 5.75 Å². The number of carbonyl (C=O) groups excluding carboxylic acids is 1. The van der Waals surface area contributed by atoms with Crippen molar-refractivity contribution >= 4 is 11.6 Å². The summed E-state index contributed by atoms with van der Waals surface area (Å²) in [5.41, 5.74) is 5.26. The van der Waals surface area contributed by atoms with Crippen LogP contribution in [0.4, 0.5) is 5.69 Å². The Morgan fingerprint density at radius 2 is 1.59 bits per heavy atom. The Labute approximate surface area is 161 Å². The summed E-state index contributed by atoms with van der Waals surface area (Å²) in [6, 6.07) is 24.1. The first-order valence-electron chi connectivity index (χ1n) is 9.27. The minimum absolute atomic E-state index is 0.127. The number of carbonyl (C=O) groups is 1. The number of nitrogens with one attached hydrogen (secondary N) is 1. The first-order valence-corrected chi connectivity index (χ1v) is 9.27. The van der Waals surface area contributed by atoms with Crippen molar-refractivity contribution in [2.75, 3.05) is 5.32 Å². The average molecular weight is 359 g/mol. The Bertz CT molecular complexity index is 901. The third-order valence-electron chi connectivity index (χ3n) is 4.55. The van der Waals surface area contributed by atoms with E-state index in [4.69, 9.17) is 4.74 Å². The van der Waals surface area contributed by atoms with Gasteiger partial charge in [-0.25, -0.2) is 0 Å². The lowest BCUT2D eigenvalue weighted by atomic mass is 10.1. The summed E-state index contributed by atoms with van der Waals surface area (Å²) in [5, 5.41) is 3.00. The van der Waals surface area contributed by atoms with Gasteiger partial charge in [0.05, 0.1) is 0 Å². The lowest BCUT2D eigenvalue weighted by molar-refractivity contribution is -0.122. The molecule has 0 fully saturated rings. The molecule has 1 unspecified atom stereocenters. The second-order valence-corrected chi connectivity index (χ2v) is 6.71. The summed E-state index contributed by atoms with van der Waals surface area (Å²) in [5.74, 6) is 0.566. The molecule has 3 aromatic rings. The van der Waals surface area contributed by atoms with E-state index >= 15 is 0 Å². The van der Waals surface area contributed by atoms with Crippen molar-refractivity contribution in [3.8, 4) is 16.9 Å². The van der Waals surface area contributed by atoms with Crippen molar-refractivity contribution in [1.29, 1.82) is 0 Å². The molecule has 3 nitrogen and oxygen atoms in total. The average Bonchev–Trinajstić information content (AvgIpc) is 2.70. The third-order valence-corrected chi connectivity index (χ3v) is 4.55. The Morgan fingerprint density at radius 1 is 0.926 bits per heavy atom. The smallest absolute Gasteiger partial charge is 0.265 e. The Morgan fingerprint density at radius 3 is 2.26 bits per heavy atom. The summed E-state index contributed by atoms with van der Waals surface area (Å²) < 4.78 is 5.95. The minimum Gasteiger partial charge on any atom is -0.481 e. The fraction of sp³-hybridized carbons (Fsp3) is 0.208. The van der Waals surface area contributed by atoms with Crippen molar-refractivity contribution in [1.82, 2.24) is 0 Å². The number of amides is 1. The van der Waals surface area contributed by atoms with Crippen LogP contribution in [0.25, 0.3) is 11.1 Å². The zero-order valence-electron chi connectivity index (χ0n) is 16.0. The zero-order chi connectivity index (χ0) is 19.2. The van der Waals surface area contributed by atoms with Gasteiger partial charge in [0, 0.05) is 5.69 Å². The van der Waals surface area contributed by atoms with Crippen molar-refractivity contribution in [2.45, 2.75) is 33.3 Å². The van der Waals surface area contributed by atoms with Gasteiger partial charge in [0.2, 0.25) is 0 Å². The van der Waals surface area contributed by atoms with Crippen LogP contribution < -0.4 is 10.1 Å². The van der Waals surface area contributed by atoms with Crippen LogP contribution in [0.2, 0.25) is 0 Å². The molecule has 0 radical (unpaired) electrons. The van der Waals surface area contributed by atoms with Gasteiger partial charge in [0.25, 0.3) is 5.91 Å². The Kier molecular flexibility index (Phi) is 5.92. The zero-order valence-corrected chi connectivity index (χ0v) is 16.0. The third kappa shape index (κ3) is 4.76. The second-order valence-electron chi connectivity index (χ2n) is 6.71. The molecule has 0 saturated carbocycles. The molecule has 0 aliphatic rings. The fourth-order valence-corrected chi connectivity index (χ4v) is 2.93. The Balaban J connectivity index is 1.69. The highest BCUT2D eigenvalue weighted by molar-refractivity contribution is 5.95. The number of aryl methyl sites for hydroxylation is 2. The highest BCUT2D eigenvalue weighted by atomic mass is 16.5. The summed E-state index contributed by atoms with van der Waals surface area (Å²) in [6.45, 7) is 5.95. The van der Waals surface area contributed by atoms with E-state index in [0.29, 0.717) is 12.2 Å². The maximum atomic E-state index is 12.7. The summed E-state index contributed by atoms with van der Waals surface area (Å²) in [6.07, 6.45) is 0.0596. The van der Waals surface area contributed by atoms with Crippen LogP contribution in [-0.2, 0) is 4.79 Å². The van der Waals surface area contributed by atoms with Gasteiger partial charge in [-0.05, 0) is 60.7 Å². The van der Waals surface area contributed by atoms with Crippen LogP contribution in [0.15, 0.2) is 72.8 Å². The van der Waals surface area contributed by atoms with E-state index in [9.17, 15) is 4.79 Å². The molecule has 0 aliphatic carbocycles. The van der Waals surface area contributed by atoms with Crippen LogP contribution in [0, 0.1) is 13.8 Å². The maximum Gasteiger partial charge on any atom is 0.265 e. The van der Waals surface area contributed by atoms with Crippen molar-refractivity contribution in [3.05, 3.63) is 83.9 Å². The molecule has 1 N–H and O–H groups in total. The quantitative estimate of drug-likeness (QED) is 0.607. The minimum atomic E-state index is -0.535. The lowest BCUT2D eigenvalue weighted by Crippen LogP contribution is -2.32. The van der Waals surface area contributed by atoms with Gasteiger partial charge in [-0.2, -0.15) is 0 Å². The first kappa shape index (κ1) is 18.7. The molecular formula is C24H25NO2. The van der Waals surface area contributed by atoms with Crippen molar-refractivity contribution in [2.24, 2.45) is 0 Å². The van der Waals surface area contributed by atoms with Crippen LogP contribution >= 0.6 is 0 Å². The van der Waals surface area contributed by atoms with Gasteiger partial charge in [0.15, 0.2) is 6.10 Å². The van der Waals surface area contributed by atoms with Crippen LogP contribution in [-0.4, -0.2) is 12.0 Å². The molecule has 0 heterocycles. The van der Waals surface area contributed by atoms with Gasteiger partial charge < -0.3 is 10.1 Å². The van der Waals surface area contributed by atoms with Crippen LogP contribution in [0.3, 0.4) is 0 Å². The first-order chi connectivity index (χ1) is 13.1. The van der Waals surface area contributed by atoms with Crippen molar-refractivity contribution in [3.63, 3.8) is 0 Å². The highest BCUT2D eigenvalue weighted by Gasteiger charge is 2.19. The number of rotatable bonds is 6. The summed E-state index contributed by atoms with van der Waals surface area (Å²) in [4.78, 5) is 12.7. The maximum absolute atomic E-state index is 12.7. The molecule has 0 bridgehead atoms. The SMILES string of the molecule is CCC(Oc1ccc(-c2ccccc2)cc1)C(=O)Nc1cc(C)ccc1C. The van der Waals surface area contributed by atoms with E-state index in [0.717, 1.165) is 27.9 Å². The monoisotopic (exact) mass is 359 g/mol. The highest BCUT2D eigenvalue weighted by Crippen LogP contribution is 2.23. The topological polar surface area (TPSA) is 38.3 Å². The summed E-state index contributed by atoms with van der Waals surface area (Å²) >= 11 is 0. The van der Waals surface area contributed by atoms with Gasteiger partial charge in [-0.3, -0.25) is 4.79 Å². The molecule has 3 rings (SSSR count).